The maximum Gasteiger partial charge on any atom is 0.329 e. The van der Waals surface area contributed by atoms with Crippen LogP contribution < -0.4 is 16.1 Å². The standard InChI is InChI=1S/C14H24N4O4/c1-10(17-18-14(22)13(21)15-7-8-19)9-12(20)16-11-5-3-2-4-6-11/h11,19H,2-9H2,1H3,(H,15,21)(H,16,20)(H,18,22). The van der Waals surface area contributed by atoms with E-state index in [0.29, 0.717) is 5.71 Å². The maximum atomic E-state index is 11.8. The predicted molar refractivity (Wildman–Crippen MR) is 81.0 cm³/mol. The van der Waals surface area contributed by atoms with E-state index in [1.54, 1.807) is 6.92 Å². The molecule has 0 radical (unpaired) electrons. The molecule has 124 valence electrons. The number of amides is 3. The third-order valence-corrected chi connectivity index (χ3v) is 3.34. The van der Waals surface area contributed by atoms with E-state index in [9.17, 15) is 14.4 Å². The van der Waals surface area contributed by atoms with Crippen molar-refractivity contribution >= 4 is 23.4 Å². The average Bonchev–Trinajstić information content (AvgIpc) is 2.51. The smallest absolute Gasteiger partial charge is 0.329 e. The minimum atomic E-state index is -0.930. The summed E-state index contributed by atoms with van der Waals surface area (Å²) in [4.78, 5) is 34.4. The van der Waals surface area contributed by atoms with Gasteiger partial charge in [-0.05, 0) is 19.8 Å². The molecule has 8 nitrogen and oxygen atoms in total. The van der Waals surface area contributed by atoms with E-state index in [0.717, 1.165) is 25.7 Å². The number of hydrogen-bond acceptors (Lipinski definition) is 5. The second kappa shape index (κ2) is 9.88. The molecule has 0 heterocycles. The lowest BCUT2D eigenvalue weighted by Gasteiger charge is -2.22. The lowest BCUT2D eigenvalue weighted by atomic mass is 9.95. The first-order valence-electron chi connectivity index (χ1n) is 7.54. The van der Waals surface area contributed by atoms with Crippen LogP contribution in [0.2, 0.25) is 0 Å². The molecule has 0 atom stereocenters. The Morgan fingerprint density at radius 1 is 1.14 bits per heavy atom. The zero-order chi connectivity index (χ0) is 16.4. The van der Waals surface area contributed by atoms with Gasteiger partial charge < -0.3 is 15.7 Å². The van der Waals surface area contributed by atoms with Gasteiger partial charge in [-0.15, -0.1) is 0 Å². The molecule has 8 heteroatoms. The Balaban J connectivity index is 2.30. The molecule has 1 aliphatic rings. The number of nitrogens with one attached hydrogen (secondary N) is 3. The molecule has 1 rings (SSSR count). The van der Waals surface area contributed by atoms with Gasteiger partial charge >= 0.3 is 11.8 Å². The fourth-order valence-electron chi connectivity index (χ4n) is 2.24. The molecule has 0 aromatic carbocycles. The molecular formula is C14H24N4O4. The highest BCUT2D eigenvalue weighted by molar-refractivity contribution is 6.35. The summed E-state index contributed by atoms with van der Waals surface area (Å²) >= 11 is 0. The van der Waals surface area contributed by atoms with Gasteiger partial charge in [0.05, 0.1) is 13.0 Å². The van der Waals surface area contributed by atoms with Crippen LogP contribution in [-0.4, -0.2) is 47.7 Å². The van der Waals surface area contributed by atoms with Gasteiger partial charge in [0.15, 0.2) is 0 Å². The third kappa shape index (κ3) is 7.16. The number of rotatable bonds is 6. The van der Waals surface area contributed by atoms with Gasteiger partial charge in [0, 0.05) is 18.3 Å². The van der Waals surface area contributed by atoms with Crippen molar-refractivity contribution in [2.24, 2.45) is 5.10 Å². The number of nitrogens with zero attached hydrogens (tertiary/aromatic N) is 1. The highest BCUT2D eigenvalue weighted by Gasteiger charge is 2.16. The summed E-state index contributed by atoms with van der Waals surface area (Å²) in [5.74, 6) is -1.94. The Morgan fingerprint density at radius 2 is 1.82 bits per heavy atom. The van der Waals surface area contributed by atoms with E-state index < -0.39 is 11.8 Å². The van der Waals surface area contributed by atoms with E-state index in [2.05, 4.69) is 21.2 Å². The van der Waals surface area contributed by atoms with Gasteiger partial charge in [-0.25, -0.2) is 5.43 Å². The highest BCUT2D eigenvalue weighted by Crippen LogP contribution is 2.17. The maximum absolute atomic E-state index is 11.8. The first-order chi connectivity index (χ1) is 10.5. The fourth-order valence-corrected chi connectivity index (χ4v) is 2.24. The molecule has 4 N–H and O–H groups in total. The van der Waals surface area contributed by atoms with Gasteiger partial charge in [-0.2, -0.15) is 5.10 Å². The number of carbonyl (C=O) groups is 3. The van der Waals surface area contributed by atoms with Crippen molar-refractivity contribution in [3.63, 3.8) is 0 Å². The summed E-state index contributed by atoms with van der Waals surface area (Å²) in [5.41, 5.74) is 2.49. The lowest BCUT2D eigenvalue weighted by Crippen LogP contribution is -2.39. The first-order valence-corrected chi connectivity index (χ1v) is 7.54. The van der Waals surface area contributed by atoms with Crippen LogP contribution in [0.1, 0.15) is 45.4 Å². The summed E-state index contributed by atoms with van der Waals surface area (Å²) in [5, 5.41) is 17.4. The van der Waals surface area contributed by atoms with Crippen LogP contribution in [-0.2, 0) is 14.4 Å². The van der Waals surface area contributed by atoms with Crippen LogP contribution in [0.5, 0.6) is 0 Å². The molecule has 0 spiro atoms. The third-order valence-electron chi connectivity index (χ3n) is 3.34. The van der Waals surface area contributed by atoms with E-state index in [4.69, 9.17) is 5.11 Å². The monoisotopic (exact) mass is 312 g/mol. The molecule has 3 amide bonds. The molecule has 0 aliphatic heterocycles. The van der Waals surface area contributed by atoms with Crippen LogP contribution >= 0.6 is 0 Å². The van der Waals surface area contributed by atoms with Crippen molar-refractivity contribution in [1.29, 1.82) is 0 Å². The molecule has 0 aromatic heterocycles. The van der Waals surface area contributed by atoms with E-state index in [1.807, 2.05) is 0 Å². The molecule has 1 saturated carbocycles. The van der Waals surface area contributed by atoms with Crippen molar-refractivity contribution in [2.75, 3.05) is 13.2 Å². The van der Waals surface area contributed by atoms with Crippen LogP contribution in [0.15, 0.2) is 5.10 Å². The summed E-state index contributed by atoms with van der Waals surface area (Å²) in [6, 6.07) is 0.230. The first kappa shape index (κ1) is 18.1. The van der Waals surface area contributed by atoms with Crippen LogP contribution in [0.4, 0.5) is 0 Å². The van der Waals surface area contributed by atoms with Crippen LogP contribution in [0, 0.1) is 0 Å². The molecule has 1 fully saturated rings. The largest absolute Gasteiger partial charge is 0.395 e. The lowest BCUT2D eigenvalue weighted by molar-refractivity contribution is -0.139. The number of aliphatic hydroxyl groups is 1. The Morgan fingerprint density at radius 3 is 2.45 bits per heavy atom. The fraction of sp³-hybridized carbons (Fsp3) is 0.714. The normalized spacial score (nSPS) is 16.0. The number of hydrogen-bond donors (Lipinski definition) is 4. The van der Waals surface area contributed by atoms with Crippen LogP contribution in [0.25, 0.3) is 0 Å². The molecule has 0 bridgehead atoms. The minimum absolute atomic E-state index is 0.00125. The Bertz CT molecular complexity index is 431. The average molecular weight is 312 g/mol. The summed E-state index contributed by atoms with van der Waals surface area (Å²) in [6.07, 6.45) is 5.58. The molecular weight excluding hydrogens is 288 g/mol. The summed E-state index contributed by atoms with van der Waals surface area (Å²) in [6.45, 7) is 1.35. The number of hydrazone groups is 1. The molecule has 22 heavy (non-hydrogen) atoms. The summed E-state index contributed by atoms with van der Waals surface area (Å²) in [7, 11) is 0. The van der Waals surface area contributed by atoms with Gasteiger partial charge in [-0.3, -0.25) is 14.4 Å². The Labute approximate surface area is 129 Å². The molecule has 0 unspecified atom stereocenters. The van der Waals surface area contributed by atoms with Gasteiger partial charge in [0.25, 0.3) is 0 Å². The zero-order valence-corrected chi connectivity index (χ0v) is 12.9. The zero-order valence-electron chi connectivity index (χ0n) is 12.9. The van der Waals surface area contributed by atoms with Gasteiger partial charge in [-0.1, -0.05) is 19.3 Å². The van der Waals surface area contributed by atoms with Crippen molar-refractivity contribution in [1.82, 2.24) is 16.1 Å². The molecule has 0 aromatic rings. The Hall–Kier alpha value is -1.96. The number of carbonyl (C=O) groups excluding carboxylic acids is 3. The topological polar surface area (TPSA) is 120 Å². The van der Waals surface area contributed by atoms with E-state index in [1.165, 1.54) is 6.42 Å². The second-order valence-corrected chi connectivity index (χ2v) is 5.35. The van der Waals surface area contributed by atoms with Crippen molar-refractivity contribution in [3.05, 3.63) is 0 Å². The van der Waals surface area contributed by atoms with Crippen molar-refractivity contribution in [2.45, 2.75) is 51.5 Å². The van der Waals surface area contributed by atoms with Gasteiger partial charge in [0.2, 0.25) is 5.91 Å². The van der Waals surface area contributed by atoms with Crippen molar-refractivity contribution < 1.29 is 19.5 Å². The van der Waals surface area contributed by atoms with Gasteiger partial charge in [0.1, 0.15) is 0 Å². The van der Waals surface area contributed by atoms with E-state index >= 15 is 0 Å². The van der Waals surface area contributed by atoms with E-state index in [-0.39, 0.29) is 31.5 Å². The quantitative estimate of drug-likeness (QED) is 0.298. The van der Waals surface area contributed by atoms with Crippen molar-refractivity contribution in [3.8, 4) is 0 Å². The SMILES string of the molecule is CC(CC(=O)NC1CCCCC1)=NNC(=O)C(=O)NCCO. The Kier molecular flexibility index (Phi) is 8.13. The predicted octanol–water partition coefficient (Wildman–Crippen LogP) is -0.574. The second-order valence-electron chi connectivity index (χ2n) is 5.35. The highest BCUT2D eigenvalue weighted by atomic mass is 16.3. The molecule has 0 saturated heterocycles. The number of aliphatic hydroxyl groups excluding tert-OH is 1. The minimum Gasteiger partial charge on any atom is -0.395 e. The molecule has 1 aliphatic carbocycles. The summed E-state index contributed by atoms with van der Waals surface area (Å²) < 4.78 is 0. The van der Waals surface area contributed by atoms with Crippen LogP contribution in [0.3, 0.4) is 0 Å².